The van der Waals surface area contributed by atoms with Crippen LogP contribution in [0.4, 0.5) is 5.69 Å². The van der Waals surface area contributed by atoms with E-state index >= 15 is 0 Å². The third-order valence-electron chi connectivity index (χ3n) is 2.82. The van der Waals surface area contributed by atoms with Crippen molar-refractivity contribution in [3.05, 3.63) is 35.0 Å². The fourth-order valence-corrected chi connectivity index (χ4v) is 1.74. The molecule has 0 aliphatic rings. The third kappa shape index (κ3) is 1.23. The quantitative estimate of drug-likeness (QED) is 0.687. The summed E-state index contributed by atoms with van der Waals surface area (Å²) in [6.45, 7) is 6.35. The molecule has 0 atom stereocenters. The zero-order valence-electron chi connectivity index (χ0n) is 8.76. The van der Waals surface area contributed by atoms with Crippen molar-refractivity contribution in [1.82, 2.24) is 4.98 Å². The van der Waals surface area contributed by atoms with E-state index in [0.717, 1.165) is 16.6 Å². The predicted octanol–water partition coefficient (Wildman–Crippen LogP) is 2.74. The molecule has 72 valence electrons. The molecule has 0 bridgehead atoms. The molecule has 0 saturated heterocycles. The van der Waals surface area contributed by atoms with Crippen LogP contribution in [0.25, 0.3) is 10.9 Å². The Morgan fingerprint density at radius 1 is 1.07 bits per heavy atom. The molecule has 0 fully saturated rings. The standard InChI is InChI=1S/C12H14N2/c1-7-4-10-5-11(13)6-14-12(10)9(3)8(7)2/h4-6H,13H2,1-3H3. The van der Waals surface area contributed by atoms with Gasteiger partial charge < -0.3 is 5.73 Å². The van der Waals surface area contributed by atoms with Gasteiger partial charge in [0.05, 0.1) is 17.4 Å². The van der Waals surface area contributed by atoms with E-state index in [2.05, 4.69) is 31.8 Å². The molecule has 1 heterocycles. The molecule has 2 rings (SSSR count). The van der Waals surface area contributed by atoms with Crippen molar-refractivity contribution in [3.63, 3.8) is 0 Å². The summed E-state index contributed by atoms with van der Waals surface area (Å²) in [5.74, 6) is 0. The second kappa shape index (κ2) is 2.98. The lowest BCUT2D eigenvalue weighted by Gasteiger charge is -2.08. The van der Waals surface area contributed by atoms with Gasteiger partial charge in [-0.05, 0) is 49.6 Å². The molecule has 0 radical (unpaired) electrons. The first-order chi connectivity index (χ1) is 6.59. The first-order valence-corrected chi connectivity index (χ1v) is 4.71. The highest BCUT2D eigenvalue weighted by Crippen LogP contribution is 2.23. The van der Waals surface area contributed by atoms with Gasteiger partial charge in [0.2, 0.25) is 0 Å². The van der Waals surface area contributed by atoms with Crippen LogP contribution in [-0.4, -0.2) is 4.98 Å². The van der Waals surface area contributed by atoms with Crippen molar-refractivity contribution in [2.24, 2.45) is 0 Å². The van der Waals surface area contributed by atoms with E-state index < -0.39 is 0 Å². The maximum atomic E-state index is 5.70. The summed E-state index contributed by atoms with van der Waals surface area (Å²) in [5.41, 5.74) is 11.3. The molecular weight excluding hydrogens is 172 g/mol. The summed E-state index contributed by atoms with van der Waals surface area (Å²) < 4.78 is 0. The molecule has 1 aromatic heterocycles. The van der Waals surface area contributed by atoms with Crippen molar-refractivity contribution in [2.75, 3.05) is 5.73 Å². The third-order valence-corrected chi connectivity index (χ3v) is 2.82. The van der Waals surface area contributed by atoms with Crippen molar-refractivity contribution >= 4 is 16.6 Å². The van der Waals surface area contributed by atoms with E-state index in [1.807, 2.05) is 6.07 Å². The summed E-state index contributed by atoms with van der Waals surface area (Å²) in [7, 11) is 0. The van der Waals surface area contributed by atoms with Gasteiger partial charge in [-0.3, -0.25) is 4.98 Å². The number of nitrogen functional groups attached to an aromatic ring is 1. The van der Waals surface area contributed by atoms with Gasteiger partial charge in [-0.1, -0.05) is 0 Å². The van der Waals surface area contributed by atoms with Crippen molar-refractivity contribution in [3.8, 4) is 0 Å². The van der Waals surface area contributed by atoms with E-state index in [9.17, 15) is 0 Å². The Labute approximate surface area is 83.8 Å². The van der Waals surface area contributed by atoms with E-state index in [-0.39, 0.29) is 0 Å². The molecule has 0 aliphatic heterocycles. The molecular formula is C12H14N2. The number of nitrogens with zero attached hydrogens (tertiary/aromatic N) is 1. The Balaban J connectivity index is 2.91. The first kappa shape index (κ1) is 9.00. The Bertz CT molecular complexity index is 501. The molecule has 1 aromatic carbocycles. The highest BCUT2D eigenvalue weighted by Gasteiger charge is 2.04. The van der Waals surface area contributed by atoms with Gasteiger partial charge in [-0.2, -0.15) is 0 Å². The number of aromatic nitrogens is 1. The van der Waals surface area contributed by atoms with Crippen LogP contribution >= 0.6 is 0 Å². The van der Waals surface area contributed by atoms with Crippen LogP contribution in [0, 0.1) is 20.8 Å². The molecule has 0 unspecified atom stereocenters. The van der Waals surface area contributed by atoms with Crippen molar-refractivity contribution in [2.45, 2.75) is 20.8 Å². The normalized spacial score (nSPS) is 10.8. The smallest absolute Gasteiger partial charge is 0.0735 e. The number of rotatable bonds is 0. The summed E-state index contributed by atoms with van der Waals surface area (Å²) in [6, 6.07) is 4.11. The molecule has 2 N–H and O–H groups in total. The van der Waals surface area contributed by atoms with Gasteiger partial charge in [0.25, 0.3) is 0 Å². The Morgan fingerprint density at radius 3 is 2.50 bits per heavy atom. The van der Waals surface area contributed by atoms with E-state index in [4.69, 9.17) is 5.73 Å². The fourth-order valence-electron chi connectivity index (χ4n) is 1.74. The van der Waals surface area contributed by atoms with Crippen LogP contribution in [0.2, 0.25) is 0 Å². The topological polar surface area (TPSA) is 38.9 Å². The maximum Gasteiger partial charge on any atom is 0.0735 e. The van der Waals surface area contributed by atoms with Crippen molar-refractivity contribution in [1.29, 1.82) is 0 Å². The lowest BCUT2D eigenvalue weighted by atomic mass is 10.00. The maximum absolute atomic E-state index is 5.70. The molecule has 0 saturated carbocycles. The Morgan fingerprint density at radius 2 is 1.79 bits per heavy atom. The Hall–Kier alpha value is -1.57. The number of aryl methyl sites for hydroxylation is 2. The average molecular weight is 186 g/mol. The van der Waals surface area contributed by atoms with E-state index in [0.29, 0.717) is 0 Å². The second-order valence-corrected chi connectivity index (χ2v) is 3.78. The van der Waals surface area contributed by atoms with Crippen LogP contribution in [0.5, 0.6) is 0 Å². The van der Waals surface area contributed by atoms with Gasteiger partial charge in [0.1, 0.15) is 0 Å². The fraction of sp³-hybridized carbons (Fsp3) is 0.250. The van der Waals surface area contributed by atoms with Gasteiger partial charge in [0.15, 0.2) is 0 Å². The van der Waals surface area contributed by atoms with Crippen LogP contribution in [0.15, 0.2) is 18.3 Å². The summed E-state index contributed by atoms with van der Waals surface area (Å²) in [5, 5.41) is 1.13. The minimum Gasteiger partial charge on any atom is -0.397 e. The van der Waals surface area contributed by atoms with Crippen LogP contribution in [0.1, 0.15) is 16.7 Å². The first-order valence-electron chi connectivity index (χ1n) is 4.71. The molecule has 0 aliphatic carbocycles. The van der Waals surface area contributed by atoms with Gasteiger partial charge >= 0.3 is 0 Å². The lowest BCUT2D eigenvalue weighted by Crippen LogP contribution is -1.93. The Kier molecular flexibility index (Phi) is 1.92. The number of nitrogens with two attached hydrogens (primary N) is 1. The zero-order chi connectivity index (χ0) is 10.3. The van der Waals surface area contributed by atoms with Gasteiger partial charge in [-0.25, -0.2) is 0 Å². The number of fused-ring (bicyclic) bond motifs is 1. The minimum absolute atomic E-state index is 0.722. The van der Waals surface area contributed by atoms with Crippen LogP contribution < -0.4 is 5.73 Å². The number of anilines is 1. The van der Waals surface area contributed by atoms with Crippen LogP contribution in [-0.2, 0) is 0 Å². The van der Waals surface area contributed by atoms with Crippen LogP contribution in [0.3, 0.4) is 0 Å². The number of benzene rings is 1. The van der Waals surface area contributed by atoms with E-state index in [1.54, 1.807) is 6.20 Å². The molecule has 0 amide bonds. The second-order valence-electron chi connectivity index (χ2n) is 3.78. The number of hydrogen-bond acceptors (Lipinski definition) is 2. The number of pyridine rings is 1. The predicted molar refractivity (Wildman–Crippen MR) is 60.4 cm³/mol. The zero-order valence-corrected chi connectivity index (χ0v) is 8.76. The molecule has 2 aromatic rings. The molecule has 14 heavy (non-hydrogen) atoms. The monoisotopic (exact) mass is 186 g/mol. The summed E-state index contributed by atoms with van der Waals surface area (Å²) in [4.78, 5) is 4.36. The van der Waals surface area contributed by atoms with Gasteiger partial charge in [0, 0.05) is 5.39 Å². The highest BCUT2D eigenvalue weighted by atomic mass is 14.7. The van der Waals surface area contributed by atoms with E-state index in [1.165, 1.54) is 16.7 Å². The largest absolute Gasteiger partial charge is 0.397 e. The minimum atomic E-state index is 0.722. The SMILES string of the molecule is Cc1cc2cc(N)cnc2c(C)c1C. The van der Waals surface area contributed by atoms with Crippen molar-refractivity contribution < 1.29 is 0 Å². The highest BCUT2D eigenvalue weighted by molar-refractivity contribution is 5.85. The molecule has 2 heteroatoms. The number of hydrogen-bond donors (Lipinski definition) is 1. The summed E-state index contributed by atoms with van der Waals surface area (Å²) >= 11 is 0. The lowest BCUT2D eigenvalue weighted by molar-refractivity contribution is 1.26. The molecule has 0 spiro atoms. The average Bonchev–Trinajstić information content (AvgIpc) is 2.14. The summed E-state index contributed by atoms with van der Waals surface area (Å²) in [6.07, 6.45) is 1.71. The molecule has 2 nitrogen and oxygen atoms in total. The van der Waals surface area contributed by atoms with Gasteiger partial charge in [-0.15, -0.1) is 0 Å².